The highest BCUT2D eigenvalue weighted by Crippen LogP contribution is 2.20. The van der Waals surface area contributed by atoms with Gasteiger partial charge >= 0.3 is 0 Å². The molecular formula is C17H19N5O2. The predicted molar refractivity (Wildman–Crippen MR) is 89.0 cm³/mol. The second kappa shape index (κ2) is 6.66. The molecular weight excluding hydrogens is 306 g/mol. The van der Waals surface area contributed by atoms with Gasteiger partial charge in [0, 0.05) is 11.9 Å². The highest BCUT2D eigenvalue weighted by molar-refractivity contribution is 5.91. The minimum atomic E-state index is -0.317. The minimum absolute atomic E-state index is 0.115. The van der Waals surface area contributed by atoms with E-state index in [-0.39, 0.29) is 17.8 Å². The van der Waals surface area contributed by atoms with Crippen molar-refractivity contribution in [1.29, 1.82) is 0 Å². The Bertz CT molecular complexity index is 857. The summed E-state index contributed by atoms with van der Waals surface area (Å²) in [5.41, 5.74) is 1.87. The Labute approximate surface area is 139 Å². The molecule has 1 N–H and O–H groups in total. The van der Waals surface area contributed by atoms with Gasteiger partial charge in [0.2, 0.25) is 5.82 Å². The number of ether oxygens (including phenoxy) is 1. The van der Waals surface area contributed by atoms with Gasteiger partial charge in [-0.1, -0.05) is 19.1 Å². The summed E-state index contributed by atoms with van der Waals surface area (Å²) in [5, 5.41) is 7.20. The first kappa shape index (κ1) is 15.9. The van der Waals surface area contributed by atoms with E-state index in [9.17, 15) is 4.79 Å². The lowest BCUT2D eigenvalue weighted by atomic mass is 10.0. The molecule has 0 saturated carbocycles. The Balaban J connectivity index is 1.81. The van der Waals surface area contributed by atoms with Crippen LogP contribution < -0.4 is 10.1 Å². The van der Waals surface area contributed by atoms with E-state index in [1.165, 1.54) is 0 Å². The first-order valence-electron chi connectivity index (χ1n) is 7.75. The number of aromatic nitrogens is 4. The molecule has 1 unspecified atom stereocenters. The quantitative estimate of drug-likeness (QED) is 0.778. The van der Waals surface area contributed by atoms with Crippen LogP contribution >= 0.6 is 0 Å². The monoisotopic (exact) mass is 325 g/mol. The van der Waals surface area contributed by atoms with Crippen molar-refractivity contribution in [1.82, 2.24) is 24.9 Å². The summed E-state index contributed by atoms with van der Waals surface area (Å²) in [6, 6.07) is 9.33. The molecule has 24 heavy (non-hydrogen) atoms. The zero-order valence-corrected chi connectivity index (χ0v) is 13.9. The van der Waals surface area contributed by atoms with Gasteiger partial charge in [-0.2, -0.15) is 4.98 Å². The summed E-state index contributed by atoms with van der Waals surface area (Å²) in [7, 11) is 1.62. The molecule has 0 saturated heterocycles. The van der Waals surface area contributed by atoms with Gasteiger partial charge in [-0.25, -0.2) is 9.50 Å². The first-order valence-corrected chi connectivity index (χ1v) is 7.75. The van der Waals surface area contributed by atoms with E-state index in [0.29, 0.717) is 5.78 Å². The lowest BCUT2D eigenvalue weighted by molar-refractivity contribution is 0.0925. The molecule has 0 spiro atoms. The Morgan fingerprint density at radius 1 is 1.29 bits per heavy atom. The lowest BCUT2D eigenvalue weighted by Gasteiger charge is -2.16. The SMILES string of the molecule is CCC(NC(=O)c1nc2nccc(C)n2n1)c1ccc(OC)cc1. The lowest BCUT2D eigenvalue weighted by Crippen LogP contribution is -2.29. The van der Waals surface area contributed by atoms with E-state index in [2.05, 4.69) is 20.4 Å². The number of rotatable bonds is 5. The minimum Gasteiger partial charge on any atom is -0.497 e. The Morgan fingerprint density at radius 3 is 2.67 bits per heavy atom. The molecule has 0 radical (unpaired) electrons. The number of fused-ring (bicyclic) bond motifs is 1. The zero-order chi connectivity index (χ0) is 17.1. The molecule has 0 aliphatic heterocycles. The molecule has 2 aromatic heterocycles. The molecule has 3 aromatic rings. The van der Waals surface area contributed by atoms with E-state index >= 15 is 0 Å². The van der Waals surface area contributed by atoms with Crippen molar-refractivity contribution in [3.8, 4) is 5.75 Å². The molecule has 0 aliphatic rings. The average Bonchev–Trinajstić information content (AvgIpc) is 3.05. The number of nitrogens with zero attached hydrogens (tertiary/aromatic N) is 4. The second-order valence-electron chi connectivity index (χ2n) is 5.44. The van der Waals surface area contributed by atoms with Gasteiger partial charge in [0.15, 0.2) is 0 Å². The number of amides is 1. The van der Waals surface area contributed by atoms with Crippen molar-refractivity contribution in [3.05, 3.63) is 53.6 Å². The Morgan fingerprint density at radius 2 is 2.04 bits per heavy atom. The number of benzene rings is 1. The van der Waals surface area contributed by atoms with Crippen molar-refractivity contribution in [2.45, 2.75) is 26.3 Å². The van der Waals surface area contributed by atoms with E-state index in [1.54, 1.807) is 17.8 Å². The fourth-order valence-corrected chi connectivity index (χ4v) is 2.48. The molecule has 0 fully saturated rings. The van der Waals surface area contributed by atoms with Crippen LogP contribution in [-0.2, 0) is 0 Å². The standard InChI is InChI=1S/C17H19N5O2/c1-4-14(12-5-7-13(24-3)8-6-12)19-16(23)15-20-17-18-10-9-11(2)22(17)21-15/h5-10,14H,4H2,1-3H3,(H,19,23). The normalized spacial score (nSPS) is 12.1. The van der Waals surface area contributed by atoms with E-state index in [1.807, 2.05) is 44.2 Å². The van der Waals surface area contributed by atoms with Crippen LogP contribution in [-0.4, -0.2) is 32.6 Å². The van der Waals surface area contributed by atoms with Crippen LogP contribution in [0, 0.1) is 6.92 Å². The largest absolute Gasteiger partial charge is 0.497 e. The topological polar surface area (TPSA) is 81.4 Å². The van der Waals surface area contributed by atoms with Gasteiger partial charge in [-0.3, -0.25) is 4.79 Å². The molecule has 2 heterocycles. The van der Waals surface area contributed by atoms with Gasteiger partial charge in [0.05, 0.1) is 13.2 Å². The number of carbonyl (C=O) groups excluding carboxylic acids is 1. The zero-order valence-electron chi connectivity index (χ0n) is 13.9. The molecule has 3 rings (SSSR count). The fourth-order valence-electron chi connectivity index (χ4n) is 2.48. The Kier molecular flexibility index (Phi) is 4.41. The summed E-state index contributed by atoms with van der Waals surface area (Å²) < 4.78 is 6.72. The van der Waals surface area contributed by atoms with Gasteiger partial charge in [-0.05, 0) is 37.1 Å². The summed E-state index contributed by atoms with van der Waals surface area (Å²) >= 11 is 0. The van der Waals surface area contributed by atoms with Gasteiger partial charge in [-0.15, -0.1) is 5.10 Å². The van der Waals surface area contributed by atoms with Crippen molar-refractivity contribution < 1.29 is 9.53 Å². The molecule has 1 atom stereocenters. The maximum absolute atomic E-state index is 12.5. The first-order chi connectivity index (χ1) is 11.6. The van der Waals surface area contributed by atoms with Crippen LogP contribution in [0.5, 0.6) is 5.75 Å². The summed E-state index contributed by atoms with van der Waals surface area (Å²) in [6.45, 7) is 3.90. The van der Waals surface area contributed by atoms with Crippen LogP contribution in [0.15, 0.2) is 36.5 Å². The van der Waals surface area contributed by atoms with Crippen LogP contribution in [0.4, 0.5) is 0 Å². The molecule has 7 nitrogen and oxygen atoms in total. The molecule has 0 bridgehead atoms. The Hall–Kier alpha value is -2.96. The van der Waals surface area contributed by atoms with E-state index < -0.39 is 0 Å². The average molecular weight is 325 g/mol. The number of aryl methyl sites for hydroxylation is 1. The third-order valence-electron chi connectivity index (χ3n) is 3.86. The van der Waals surface area contributed by atoms with Crippen molar-refractivity contribution >= 4 is 11.7 Å². The van der Waals surface area contributed by atoms with Gasteiger partial charge in [0.1, 0.15) is 5.75 Å². The van der Waals surface area contributed by atoms with Gasteiger partial charge < -0.3 is 10.1 Å². The maximum Gasteiger partial charge on any atom is 0.291 e. The maximum atomic E-state index is 12.5. The van der Waals surface area contributed by atoms with Crippen molar-refractivity contribution in [3.63, 3.8) is 0 Å². The molecule has 0 aliphatic carbocycles. The van der Waals surface area contributed by atoms with Crippen molar-refractivity contribution in [2.75, 3.05) is 7.11 Å². The number of carbonyl (C=O) groups is 1. The van der Waals surface area contributed by atoms with Gasteiger partial charge in [0.25, 0.3) is 11.7 Å². The van der Waals surface area contributed by atoms with Crippen LogP contribution in [0.3, 0.4) is 0 Å². The molecule has 1 aromatic carbocycles. The van der Waals surface area contributed by atoms with Crippen LogP contribution in [0.25, 0.3) is 5.78 Å². The number of nitrogens with one attached hydrogen (secondary N) is 1. The third-order valence-corrected chi connectivity index (χ3v) is 3.86. The number of methoxy groups -OCH3 is 1. The highest BCUT2D eigenvalue weighted by Gasteiger charge is 2.18. The summed E-state index contributed by atoms with van der Waals surface area (Å²) in [4.78, 5) is 20.8. The third kappa shape index (κ3) is 3.05. The van der Waals surface area contributed by atoms with Crippen molar-refractivity contribution in [2.24, 2.45) is 0 Å². The predicted octanol–water partition coefficient (Wildman–Crippen LogP) is 2.32. The molecule has 7 heteroatoms. The summed E-state index contributed by atoms with van der Waals surface area (Å²) in [6.07, 6.45) is 2.40. The highest BCUT2D eigenvalue weighted by atomic mass is 16.5. The van der Waals surface area contributed by atoms with E-state index in [4.69, 9.17) is 4.74 Å². The fraction of sp³-hybridized carbons (Fsp3) is 0.294. The van der Waals surface area contributed by atoms with E-state index in [0.717, 1.165) is 23.4 Å². The number of hydrogen-bond donors (Lipinski definition) is 1. The van der Waals surface area contributed by atoms with Crippen LogP contribution in [0.2, 0.25) is 0 Å². The number of hydrogen-bond acceptors (Lipinski definition) is 5. The summed E-state index contributed by atoms with van der Waals surface area (Å²) in [5.74, 6) is 0.993. The smallest absolute Gasteiger partial charge is 0.291 e. The second-order valence-corrected chi connectivity index (χ2v) is 5.44. The molecule has 124 valence electrons. The molecule has 1 amide bonds. The van der Waals surface area contributed by atoms with Crippen LogP contribution in [0.1, 0.15) is 41.3 Å².